The summed E-state index contributed by atoms with van der Waals surface area (Å²) in [6.45, 7) is 4.79. The maximum absolute atomic E-state index is 6.25. The van der Waals surface area contributed by atoms with Gasteiger partial charge < -0.3 is 15.2 Å². The molecular formula is C11H18BrN3O2. The Bertz CT molecular complexity index is 364. The number of halogens is 1. The lowest BCUT2D eigenvalue weighted by Gasteiger charge is -2.28. The molecule has 2 rings (SSSR count). The lowest BCUT2D eigenvalue weighted by atomic mass is 10.1. The van der Waals surface area contributed by atoms with E-state index >= 15 is 0 Å². The summed E-state index contributed by atoms with van der Waals surface area (Å²) in [5.41, 5.74) is 7.24. The van der Waals surface area contributed by atoms with Crippen LogP contribution in [0.5, 0.6) is 0 Å². The van der Waals surface area contributed by atoms with Crippen molar-refractivity contribution in [3.05, 3.63) is 16.4 Å². The van der Waals surface area contributed by atoms with Gasteiger partial charge in [-0.1, -0.05) is 6.92 Å². The van der Waals surface area contributed by atoms with Crippen LogP contribution in [0, 0.1) is 0 Å². The van der Waals surface area contributed by atoms with Gasteiger partial charge in [0, 0.05) is 6.54 Å². The number of rotatable bonds is 4. The van der Waals surface area contributed by atoms with Gasteiger partial charge in [0.15, 0.2) is 0 Å². The fourth-order valence-corrected chi connectivity index (χ4v) is 2.54. The predicted molar refractivity (Wildman–Crippen MR) is 67.7 cm³/mol. The number of aryl methyl sites for hydroxylation is 1. The van der Waals surface area contributed by atoms with Gasteiger partial charge in [-0.05, 0) is 22.4 Å². The molecular weight excluding hydrogens is 286 g/mol. The van der Waals surface area contributed by atoms with Gasteiger partial charge in [0.25, 0.3) is 0 Å². The molecule has 1 saturated heterocycles. The first-order valence-corrected chi connectivity index (χ1v) is 6.69. The number of hydrogen-bond acceptors (Lipinski definition) is 4. The van der Waals surface area contributed by atoms with Gasteiger partial charge in [0.1, 0.15) is 6.10 Å². The van der Waals surface area contributed by atoms with Crippen LogP contribution in [0.3, 0.4) is 0 Å². The van der Waals surface area contributed by atoms with Crippen molar-refractivity contribution in [2.45, 2.75) is 32.0 Å². The molecule has 0 amide bonds. The molecule has 1 aliphatic rings. The molecule has 0 saturated carbocycles. The Morgan fingerprint density at radius 3 is 3.12 bits per heavy atom. The highest BCUT2D eigenvalue weighted by Gasteiger charge is 2.27. The molecule has 0 bridgehead atoms. The average molecular weight is 304 g/mol. The van der Waals surface area contributed by atoms with E-state index in [1.54, 1.807) is 6.20 Å². The highest BCUT2D eigenvalue weighted by molar-refractivity contribution is 9.10. The average Bonchev–Trinajstić information content (AvgIpc) is 2.71. The van der Waals surface area contributed by atoms with Crippen LogP contribution in [0.2, 0.25) is 0 Å². The van der Waals surface area contributed by atoms with Gasteiger partial charge in [-0.3, -0.25) is 4.68 Å². The van der Waals surface area contributed by atoms with Crippen molar-refractivity contribution >= 4 is 15.9 Å². The van der Waals surface area contributed by atoms with E-state index in [4.69, 9.17) is 15.2 Å². The third kappa shape index (κ3) is 2.88. The molecule has 17 heavy (non-hydrogen) atoms. The number of nitrogens with two attached hydrogens (primary N) is 1. The highest BCUT2D eigenvalue weighted by Crippen LogP contribution is 2.26. The van der Waals surface area contributed by atoms with Gasteiger partial charge in [-0.25, -0.2) is 0 Å². The summed E-state index contributed by atoms with van der Waals surface area (Å²) in [6, 6.07) is -0.210. The Kier molecular flexibility index (Phi) is 4.55. The van der Waals surface area contributed by atoms with Crippen molar-refractivity contribution in [2.24, 2.45) is 5.73 Å². The monoisotopic (exact) mass is 303 g/mol. The zero-order chi connectivity index (χ0) is 12.3. The third-order valence-electron chi connectivity index (χ3n) is 2.83. The molecule has 0 radical (unpaired) electrons. The Morgan fingerprint density at radius 2 is 2.47 bits per heavy atom. The van der Waals surface area contributed by atoms with E-state index in [2.05, 4.69) is 28.0 Å². The van der Waals surface area contributed by atoms with E-state index in [9.17, 15) is 0 Å². The molecule has 2 heterocycles. The molecule has 0 aromatic carbocycles. The fraction of sp³-hybridized carbons (Fsp3) is 0.727. The Balaban J connectivity index is 2.16. The van der Waals surface area contributed by atoms with Crippen LogP contribution in [0.25, 0.3) is 0 Å². The largest absolute Gasteiger partial charge is 0.376 e. The van der Waals surface area contributed by atoms with Crippen molar-refractivity contribution in [1.29, 1.82) is 0 Å². The molecule has 1 aromatic rings. The van der Waals surface area contributed by atoms with Crippen LogP contribution in [-0.2, 0) is 16.0 Å². The van der Waals surface area contributed by atoms with Crippen molar-refractivity contribution < 1.29 is 9.47 Å². The maximum Gasteiger partial charge on any atom is 0.102 e. The molecule has 2 atom stereocenters. The van der Waals surface area contributed by atoms with Crippen LogP contribution in [0.15, 0.2) is 10.7 Å². The second kappa shape index (κ2) is 5.95. The van der Waals surface area contributed by atoms with Gasteiger partial charge in [-0.15, -0.1) is 0 Å². The smallest absolute Gasteiger partial charge is 0.102 e. The summed E-state index contributed by atoms with van der Waals surface area (Å²) in [5, 5.41) is 4.31. The number of nitrogens with zero attached hydrogens (tertiary/aromatic N) is 2. The van der Waals surface area contributed by atoms with Gasteiger partial charge in [0.2, 0.25) is 0 Å². The summed E-state index contributed by atoms with van der Waals surface area (Å²) in [6.07, 6.45) is 2.72. The second-order valence-corrected chi connectivity index (χ2v) is 4.97. The Hall–Kier alpha value is -0.430. The van der Waals surface area contributed by atoms with Crippen molar-refractivity contribution in [3.63, 3.8) is 0 Å². The first kappa shape index (κ1) is 13.0. The normalized spacial score (nSPS) is 22.6. The lowest BCUT2D eigenvalue weighted by Crippen LogP contribution is -2.39. The molecule has 1 aromatic heterocycles. The summed E-state index contributed by atoms with van der Waals surface area (Å²) in [7, 11) is 0. The van der Waals surface area contributed by atoms with E-state index in [1.807, 2.05) is 4.68 Å². The molecule has 2 N–H and O–H groups in total. The van der Waals surface area contributed by atoms with Crippen LogP contribution < -0.4 is 5.73 Å². The standard InChI is InChI=1S/C11H18BrN3O2/c1-2-3-15-11(8(12)6-14-15)10(13)9-7-16-4-5-17-9/h6,9-10H,2-5,7,13H2,1H3. The van der Waals surface area contributed by atoms with E-state index in [-0.39, 0.29) is 12.1 Å². The van der Waals surface area contributed by atoms with E-state index in [0.29, 0.717) is 19.8 Å². The molecule has 0 spiro atoms. The van der Waals surface area contributed by atoms with E-state index in [1.165, 1.54) is 0 Å². The summed E-state index contributed by atoms with van der Waals surface area (Å²) >= 11 is 3.49. The second-order valence-electron chi connectivity index (χ2n) is 4.11. The molecule has 5 nitrogen and oxygen atoms in total. The van der Waals surface area contributed by atoms with Gasteiger partial charge >= 0.3 is 0 Å². The van der Waals surface area contributed by atoms with Crippen LogP contribution in [-0.4, -0.2) is 35.7 Å². The number of aromatic nitrogens is 2. The first-order valence-electron chi connectivity index (χ1n) is 5.90. The van der Waals surface area contributed by atoms with Crippen molar-refractivity contribution in [1.82, 2.24) is 9.78 Å². The van der Waals surface area contributed by atoms with Gasteiger partial charge in [0.05, 0.1) is 42.2 Å². The minimum atomic E-state index is -0.210. The minimum absolute atomic E-state index is 0.0904. The first-order chi connectivity index (χ1) is 8.24. The van der Waals surface area contributed by atoms with Gasteiger partial charge in [-0.2, -0.15) is 5.10 Å². The zero-order valence-corrected chi connectivity index (χ0v) is 11.5. The van der Waals surface area contributed by atoms with Crippen LogP contribution in [0.1, 0.15) is 25.1 Å². The molecule has 1 aliphatic heterocycles. The summed E-state index contributed by atoms with van der Waals surface area (Å²) < 4.78 is 13.9. The highest BCUT2D eigenvalue weighted by atomic mass is 79.9. The van der Waals surface area contributed by atoms with E-state index < -0.39 is 0 Å². The van der Waals surface area contributed by atoms with Crippen LogP contribution in [0.4, 0.5) is 0 Å². The topological polar surface area (TPSA) is 62.3 Å². The summed E-state index contributed by atoms with van der Waals surface area (Å²) in [4.78, 5) is 0. The lowest BCUT2D eigenvalue weighted by molar-refractivity contribution is -0.0984. The zero-order valence-electron chi connectivity index (χ0n) is 9.93. The number of hydrogen-bond donors (Lipinski definition) is 1. The predicted octanol–water partition coefficient (Wildman–Crippen LogP) is 1.47. The molecule has 6 heteroatoms. The van der Waals surface area contributed by atoms with Crippen molar-refractivity contribution in [3.8, 4) is 0 Å². The maximum atomic E-state index is 6.25. The van der Waals surface area contributed by atoms with Crippen molar-refractivity contribution in [2.75, 3.05) is 19.8 Å². The molecule has 1 fully saturated rings. The Labute approximate surface area is 109 Å². The van der Waals surface area contributed by atoms with E-state index in [0.717, 1.165) is 23.1 Å². The minimum Gasteiger partial charge on any atom is -0.376 e. The fourth-order valence-electron chi connectivity index (χ4n) is 1.98. The quantitative estimate of drug-likeness (QED) is 0.915. The third-order valence-corrected chi connectivity index (χ3v) is 3.44. The molecule has 0 aliphatic carbocycles. The molecule has 2 unspecified atom stereocenters. The number of ether oxygens (including phenoxy) is 2. The van der Waals surface area contributed by atoms with Crippen LogP contribution >= 0.6 is 15.9 Å². The SMILES string of the molecule is CCCn1ncc(Br)c1C(N)C1COCCO1. The molecule has 96 valence electrons. The summed E-state index contributed by atoms with van der Waals surface area (Å²) in [5.74, 6) is 0. The Morgan fingerprint density at radius 1 is 1.65 bits per heavy atom.